The number of hydrogen-bond donors (Lipinski definition) is 2. The van der Waals surface area contributed by atoms with Crippen LogP contribution in [-0.4, -0.2) is 29.7 Å². The van der Waals surface area contributed by atoms with Gasteiger partial charge in [-0.15, -0.1) is 11.3 Å². The predicted molar refractivity (Wildman–Crippen MR) is 82.1 cm³/mol. The second-order valence-electron chi connectivity index (χ2n) is 5.30. The summed E-state index contributed by atoms with van der Waals surface area (Å²) in [7, 11) is -3.35. The van der Waals surface area contributed by atoms with E-state index in [2.05, 4.69) is 9.71 Å². The molecule has 1 fully saturated rings. The minimum absolute atomic E-state index is 0.0979. The maximum absolute atomic E-state index is 12.2. The monoisotopic (exact) mass is 332 g/mol. The molecule has 118 valence electrons. The van der Waals surface area contributed by atoms with Gasteiger partial charge < -0.3 is 5.11 Å². The third kappa shape index (κ3) is 4.96. The van der Waals surface area contributed by atoms with Crippen LogP contribution in [-0.2, 0) is 21.2 Å². The Labute approximate surface area is 128 Å². The summed E-state index contributed by atoms with van der Waals surface area (Å²) in [6, 6.07) is 0. The predicted octanol–water partition coefficient (Wildman–Crippen LogP) is 2.62. The zero-order chi connectivity index (χ0) is 15.3. The normalized spacial score (nSPS) is 16.8. The number of thiazole rings is 1. The molecule has 6 nitrogen and oxygen atoms in total. The number of carboxylic acids is 1. The third-order valence-electron chi connectivity index (χ3n) is 3.60. The van der Waals surface area contributed by atoms with Gasteiger partial charge in [-0.2, -0.15) is 0 Å². The molecule has 2 N–H and O–H groups in total. The number of aliphatic carboxylic acids is 1. The van der Waals surface area contributed by atoms with Crippen molar-refractivity contribution < 1.29 is 18.3 Å². The first kappa shape index (κ1) is 16.2. The standard InChI is InChI=1S/C13H20N2O4S2/c16-12(17)8-4-5-10-9-20-13(14-10)15-21(18,19)11-6-2-1-3-7-11/h9,11H,1-8H2,(H,14,15)(H,16,17). The summed E-state index contributed by atoms with van der Waals surface area (Å²) in [5.41, 5.74) is 0.739. The van der Waals surface area contributed by atoms with Crippen molar-refractivity contribution in [2.45, 2.75) is 56.6 Å². The summed E-state index contributed by atoms with van der Waals surface area (Å²) in [5, 5.41) is 10.4. The van der Waals surface area contributed by atoms with Crippen LogP contribution in [0.5, 0.6) is 0 Å². The highest BCUT2D eigenvalue weighted by Gasteiger charge is 2.27. The van der Waals surface area contributed by atoms with Gasteiger partial charge in [-0.05, 0) is 25.7 Å². The Balaban J connectivity index is 1.90. The molecule has 1 aromatic rings. The van der Waals surface area contributed by atoms with Crippen molar-refractivity contribution in [2.75, 3.05) is 4.72 Å². The highest BCUT2D eigenvalue weighted by atomic mass is 32.2. The number of carbonyl (C=O) groups is 1. The SMILES string of the molecule is O=C(O)CCCc1csc(NS(=O)(=O)C2CCCCC2)n1. The van der Waals surface area contributed by atoms with Crippen molar-refractivity contribution in [3.8, 4) is 0 Å². The van der Waals surface area contributed by atoms with Crippen LogP contribution in [0.15, 0.2) is 5.38 Å². The van der Waals surface area contributed by atoms with Crippen LogP contribution in [0.2, 0.25) is 0 Å². The van der Waals surface area contributed by atoms with Crippen LogP contribution in [0.25, 0.3) is 0 Å². The Bertz CT molecular complexity index is 577. The lowest BCUT2D eigenvalue weighted by atomic mass is 10.0. The zero-order valence-electron chi connectivity index (χ0n) is 11.7. The van der Waals surface area contributed by atoms with Gasteiger partial charge in [0.2, 0.25) is 10.0 Å². The van der Waals surface area contributed by atoms with Crippen LogP contribution in [0.4, 0.5) is 5.13 Å². The highest BCUT2D eigenvalue weighted by molar-refractivity contribution is 7.93. The fraction of sp³-hybridized carbons (Fsp3) is 0.692. The molecular weight excluding hydrogens is 312 g/mol. The quantitative estimate of drug-likeness (QED) is 0.800. The Hall–Kier alpha value is -1.15. The molecule has 0 bridgehead atoms. The van der Waals surface area contributed by atoms with Gasteiger partial charge in [0, 0.05) is 11.8 Å². The fourth-order valence-corrected chi connectivity index (χ4v) is 5.01. The molecule has 1 aromatic heterocycles. The number of sulfonamides is 1. The lowest BCUT2D eigenvalue weighted by Crippen LogP contribution is -2.29. The number of anilines is 1. The van der Waals surface area contributed by atoms with Crippen molar-refractivity contribution in [3.63, 3.8) is 0 Å². The molecule has 0 radical (unpaired) electrons. The van der Waals surface area contributed by atoms with Crippen LogP contribution in [0.3, 0.4) is 0 Å². The summed E-state index contributed by atoms with van der Waals surface area (Å²) in [4.78, 5) is 14.7. The number of nitrogens with zero attached hydrogens (tertiary/aromatic N) is 1. The Morgan fingerprint density at radius 1 is 1.38 bits per heavy atom. The van der Waals surface area contributed by atoms with Gasteiger partial charge in [0.25, 0.3) is 0 Å². The summed E-state index contributed by atoms with van der Waals surface area (Å²) < 4.78 is 27.1. The highest BCUT2D eigenvalue weighted by Crippen LogP contribution is 2.26. The minimum Gasteiger partial charge on any atom is -0.481 e. The van der Waals surface area contributed by atoms with Crippen LogP contribution < -0.4 is 4.72 Å². The summed E-state index contributed by atoms with van der Waals surface area (Å²) >= 11 is 1.25. The summed E-state index contributed by atoms with van der Waals surface area (Å²) in [5.74, 6) is -0.830. The van der Waals surface area contributed by atoms with Gasteiger partial charge in [0.15, 0.2) is 5.13 Å². The maximum atomic E-state index is 12.2. The van der Waals surface area contributed by atoms with Crippen molar-refractivity contribution in [1.29, 1.82) is 0 Å². The van der Waals surface area contributed by atoms with E-state index in [0.717, 1.165) is 25.0 Å². The second-order valence-corrected chi connectivity index (χ2v) is 8.12. The third-order valence-corrected chi connectivity index (χ3v) is 6.36. The smallest absolute Gasteiger partial charge is 0.303 e. The van der Waals surface area contributed by atoms with Gasteiger partial charge in [-0.25, -0.2) is 13.4 Å². The van der Waals surface area contributed by atoms with Crippen molar-refractivity contribution in [1.82, 2.24) is 4.98 Å². The van der Waals surface area contributed by atoms with E-state index in [1.807, 2.05) is 0 Å². The number of carboxylic acid groups (broad SMARTS) is 1. The lowest BCUT2D eigenvalue weighted by molar-refractivity contribution is -0.137. The van der Waals surface area contributed by atoms with Gasteiger partial charge >= 0.3 is 5.97 Å². The van der Waals surface area contributed by atoms with E-state index in [1.54, 1.807) is 5.38 Å². The first-order valence-corrected chi connectivity index (χ1v) is 9.58. The maximum Gasteiger partial charge on any atom is 0.303 e. The van der Waals surface area contributed by atoms with E-state index in [-0.39, 0.29) is 11.7 Å². The second kappa shape index (κ2) is 7.22. The first-order valence-electron chi connectivity index (χ1n) is 7.15. The number of aryl methyl sites for hydroxylation is 1. The summed E-state index contributed by atoms with van der Waals surface area (Å²) in [6.45, 7) is 0. The Morgan fingerprint density at radius 3 is 2.76 bits per heavy atom. The lowest BCUT2D eigenvalue weighted by Gasteiger charge is -2.21. The minimum atomic E-state index is -3.35. The molecule has 21 heavy (non-hydrogen) atoms. The van der Waals surface area contributed by atoms with Crippen LogP contribution in [0, 0.1) is 0 Å². The van der Waals surface area contributed by atoms with E-state index in [1.165, 1.54) is 11.3 Å². The zero-order valence-corrected chi connectivity index (χ0v) is 13.4. The Morgan fingerprint density at radius 2 is 2.10 bits per heavy atom. The first-order chi connectivity index (χ1) is 9.97. The van der Waals surface area contributed by atoms with Crippen molar-refractivity contribution in [3.05, 3.63) is 11.1 Å². The van der Waals surface area contributed by atoms with Crippen LogP contribution in [0.1, 0.15) is 50.6 Å². The van der Waals surface area contributed by atoms with Gasteiger partial charge in [0.1, 0.15) is 0 Å². The van der Waals surface area contributed by atoms with E-state index in [4.69, 9.17) is 5.11 Å². The molecule has 0 aromatic carbocycles. The summed E-state index contributed by atoms with van der Waals surface area (Å²) in [6.07, 6.45) is 5.62. The molecule has 0 saturated heterocycles. The molecular formula is C13H20N2O4S2. The van der Waals surface area contributed by atoms with E-state index in [9.17, 15) is 13.2 Å². The average molecular weight is 332 g/mol. The Kier molecular flexibility index (Phi) is 5.58. The fourth-order valence-electron chi connectivity index (χ4n) is 2.47. The van der Waals surface area contributed by atoms with E-state index < -0.39 is 16.0 Å². The molecule has 0 aliphatic heterocycles. The number of rotatable bonds is 7. The molecule has 1 aliphatic carbocycles. The molecule has 0 atom stereocenters. The van der Waals surface area contributed by atoms with Crippen molar-refractivity contribution in [2.24, 2.45) is 0 Å². The molecule has 0 spiro atoms. The number of aromatic nitrogens is 1. The topological polar surface area (TPSA) is 96.4 Å². The molecule has 0 amide bonds. The average Bonchev–Trinajstić information content (AvgIpc) is 2.86. The molecule has 1 aliphatic rings. The van der Waals surface area contributed by atoms with E-state index in [0.29, 0.717) is 30.8 Å². The largest absolute Gasteiger partial charge is 0.481 e. The molecule has 8 heteroatoms. The van der Waals surface area contributed by atoms with E-state index >= 15 is 0 Å². The molecule has 2 rings (SSSR count). The molecule has 1 saturated carbocycles. The molecule has 1 heterocycles. The van der Waals surface area contributed by atoms with Gasteiger partial charge in [0.05, 0.1) is 10.9 Å². The number of nitrogens with one attached hydrogen (secondary N) is 1. The van der Waals surface area contributed by atoms with Gasteiger partial charge in [-0.3, -0.25) is 9.52 Å². The van der Waals surface area contributed by atoms with Crippen molar-refractivity contribution >= 4 is 32.5 Å². The van der Waals surface area contributed by atoms with Gasteiger partial charge in [-0.1, -0.05) is 19.3 Å². The number of hydrogen-bond acceptors (Lipinski definition) is 5. The molecule has 0 unspecified atom stereocenters. The van der Waals surface area contributed by atoms with Crippen LogP contribution >= 0.6 is 11.3 Å².